The van der Waals surface area contributed by atoms with Crippen LogP contribution in [0.1, 0.15) is 43.7 Å². The molecular weight excluding hydrogens is 268 g/mol. The summed E-state index contributed by atoms with van der Waals surface area (Å²) in [5, 5.41) is 0. The summed E-state index contributed by atoms with van der Waals surface area (Å²) in [6, 6.07) is 20.6. The van der Waals surface area contributed by atoms with Gasteiger partial charge in [-0.2, -0.15) is 0 Å². The summed E-state index contributed by atoms with van der Waals surface area (Å²) in [5.74, 6) is 0.214. The highest BCUT2D eigenvalue weighted by Gasteiger charge is 2.14. The maximum atomic E-state index is 11.9. The smallest absolute Gasteiger partial charge is 0.137 e. The van der Waals surface area contributed by atoms with Gasteiger partial charge in [-0.25, -0.2) is 0 Å². The van der Waals surface area contributed by atoms with E-state index in [0.29, 0.717) is 0 Å². The van der Waals surface area contributed by atoms with Crippen molar-refractivity contribution >= 4 is 5.78 Å². The van der Waals surface area contributed by atoms with Crippen LogP contribution in [0.25, 0.3) is 0 Å². The van der Waals surface area contributed by atoms with E-state index < -0.39 is 0 Å². The van der Waals surface area contributed by atoms with Crippen molar-refractivity contribution in [2.75, 3.05) is 0 Å². The normalized spacial score (nSPS) is 12.9. The van der Waals surface area contributed by atoms with Gasteiger partial charge in [0.05, 0.1) is 0 Å². The zero-order chi connectivity index (χ0) is 15.8. The topological polar surface area (TPSA) is 17.1 Å². The molecule has 2 rings (SSSR count). The number of hydrogen-bond donors (Lipinski definition) is 0. The van der Waals surface area contributed by atoms with Gasteiger partial charge in [-0.05, 0) is 44.2 Å². The van der Waals surface area contributed by atoms with Crippen molar-refractivity contribution in [1.29, 1.82) is 0 Å². The van der Waals surface area contributed by atoms with Crippen LogP contribution >= 0.6 is 0 Å². The van der Waals surface area contributed by atoms with E-state index in [2.05, 4.69) is 37.3 Å². The summed E-state index contributed by atoms with van der Waals surface area (Å²) in [5.41, 5.74) is 3.83. The SMILES string of the molecule is CC(=O)C(C/C=C(\C)CCc1ccccc1)c1ccccc1. The standard InChI is InChI=1S/C21H24O/c1-17(13-15-19-9-5-3-6-10-19)14-16-21(18(2)22)20-11-7-4-8-12-20/h3-12,14,21H,13,15-16H2,1-2H3/b17-14+. The Hall–Kier alpha value is -2.15. The second kappa shape index (κ2) is 8.33. The highest BCUT2D eigenvalue weighted by molar-refractivity contribution is 5.83. The molecule has 0 amide bonds. The Bertz CT molecular complexity index is 611. The van der Waals surface area contributed by atoms with Crippen molar-refractivity contribution in [3.8, 4) is 0 Å². The van der Waals surface area contributed by atoms with Crippen LogP contribution in [-0.4, -0.2) is 5.78 Å². The monoisotopic (exact) mass is 292 g/mol. The minimum atomic E-state index is -0.0205. The summed E-state index contributed by atoms with van der Waals surface area (Å²) in [6.45, 7) is 3.84. The molecule has 2 aromatic rings. The van der Waals surface area contributed by atoms with Crippen molar-refractivity contribution < 1.29 is 4.79 Å². The second-order valence-corrected chi connectivity index (χ2v) is 5.85. The minimum absolute atomic E-state index is 0.0205. The molecule has 1 atom stereocenters. The number of carbonyl (C=O) groups is 1. The van der Waals surface area contributed by atoms with Gasteiger partial charge in [0.15, 0.2) is 0 Å². The molecule has 0 saturated heterocycles. The van der Waals surface area contributed by atoms with Crippen LogP contribution in [0, 0.1) is 0 Å². The molecule has 0 saturated carbocycles. The molecule has 114 valence electrons. The van der Waals surface area contributed by atoms with Gasteiger partial charge >= 0.3 is 0 Å². The van der Waals surface area contributed by atoms with E-state index in [1.807, 2.05) is 36.4 Å². The lowest BCUT2D eigenvalue weighted by Crippen LogP contribution is -2.08. The Morgan fingerprint density at radius 1 is 0.955 bits per heavy atom. The minimum Gasteiger partial charge on any atom is -0.299 e. The maximum absolute atomic E-state index is 11.9. The number of carbonyl (C=O) groups excluding carboxylic acids is 1. The van der Waals surface area contributed by atoms with E-state index in [1.165, 1.54) is 11.1 Å². The third kappa shape index (κ3) is 5.00. The zero-order valence-corrected chi connectivity index (χ0v) is 13.5. The molecule has 0 aliphatic rings. The van der Waals surface area contributed by atoms with Crippen molar-refractivity contribution in [1.82, 2.24) is 0 Å². The molecule has 1 unspecified atom stereocenters. The molecule has 0 bridgehead atoms. The van der Waals surface area contributed by atoms with Crippen LogP contribution in [0.15, 0.2) is 72.3 Å². The highest BCUT2D eigenvalue weighted by Crippen LogP contribution is 2.22. The lowest BCUT2D eigenvalue weighted by molar-refractivity contribution is -0.118. The van der Waals surface area contributed by atoms with Crippen LogP contribution in [0.3, 0.4) is 0 Å². The summed E-state index contributed by atoms with van der Waals surface area (Å²) >= 11 is 0. The largest absolute Gasteiger partial charge is 0.299 e. The first kappa shape index (κ1) is 16.2. The number of benzene rings is 2. The molecular formula is C21H24O. The van der Waals surface area contributed by atoms with Crippen LogP contribution in [-0.2, 0) is 11.2 Å². The molecule has 0 spiro atoms. The number of Topliss-reactive ketones (excluding diaryl/α,β-unsaturated/α-hetero) is 1. The highest BCUT2D eigenvalue weighted by atomic mass is 16.1. The molecule has 0 aliphatic carbocycles. The number of aryl methyl sites for hydroxylation is 1. The van der Waals surface area contributed by atoms with Crippen LogP contribution in [0.4, 0.5) is 0 Å². The van der Waals surface area contributed by atoms with Crippen LogP contribution in [0.2, 0.25) is 0 Å². The van der Waals surface area contributed by atoms with Crippen molar-refractivity contribution in [3.05, 3.63) is 83.4 Å². The average Bonchev–Trinajstić information content (AvgIpc) is 2.55. The fourth-order valence-corrected chi connectivity index (χ4v) is 2.63. The van der Waals surface area contributed by atoms with Crippen molar-refractivity contribution in [2.45, 2.75) is 39.0 Å². The van der Waals surface area contributed by atoms with Crippen molar-refractivity contribution in [2.24, 2.45) is 0 Å². The fourth-order valence-electron chi connectivity index (χ4n) is 2.63. The Kier molecular flexibility index (Phi) is 6.14. The molecule has 2 aromatic carbocycles. The summed E-state index contributed by atoms with van der Waals surface area (Å²) in [6.07, 6.45) is 5.12. The van der Waals surface area contributed by atoms with Gasteiger partial charge in [-0.1, -0.05) is 72.3 Å². The zero-order valence-electron chi connectivity index (χ0n) is 13.5. The molecule has 1 nitrogen and oxygen atoms in total. The van der Waals surface area contributed by atoms with E-state index in [1.54, 1.807) is 6.92 Å². The second-order valence-electron chi connectivity index (χ2n) is 5.85. The Morgan fingerprint density at radius 3 is 2.14 bits per heavy atom. The fraction of sp³-hybridized carbons (Fsp3) is 0.286. The van der Waals surface area contributed by atoms with E-state index in [-0.39, 0.29) is 11.7 Å². The lowest BCUT2D eigenvalue weighted by atomic mass is 9.91. The Labute approximate surface area is 133 Å². The van der Waals surface area contributed by atoms with Gasteiger partial charge in [0.2, 0.25) is 0 Å². The van der Waals surface area contributed by atoms with E-state index in [9.17, 15) is 4.79 Å². The number of allylic oxidation sites excluding steroid dienone is 2. The summed E-state index contributed by atoms with van der Waals surface area (Å²) in [7, 11) is 0. The van der Waals surface area contributed by atoms with Gasteiger partial charge in [0.25, 0.3) is 0 Å². The van der Waals surface area contributed by atoms with E-state index in [0.717, 1.165) is 24.8 Å². The van der Waals surface area contributed by atoms with E-state index in [4.69, 9.17) is 0 Å². The van der Waals surface area contributed by atoms with Gasteiger partial charge in [0.1, 0.15) is 5.78 Å². The van der Waals surface area contributed by atoms with E-state index >= 15 is 0 Å². The lowest BCUT2D eigenvalue weighted by Gasteiger charge is -2.12. The molecule has 1 heteroatoms. The molecule has 0 fully saturated rings. The van der Waals surface area contributed by atoms with Gasteiger partial charge < -0.3 is 0 Å². The molecule has 0 N–H and O–H groups in total. The predicted molar refractivity (Wildman–Crippen MR) is 93.0 cm³/mol. The molecule has 22 heavy (non-hydrogen) atoms. The average molecular weight is 292 g/mol. The van der Waals surface area contributed by atoms with Crippen LogP contribution in [0.5, 0.6) is 0 Å². The van der Waals surface area contributed by atoms with Gasteiger partial charge in [0, 0.05) is 5.92 Å². The Morgan fingerprint density at radius 2 is 1.55 bits per heavy atom. The first-order chi connectivity index (χ1) is 10.7. The van der Waals surface area contributed by atoms with Gasteiger partial charge in [-0.3, -0.25) is 4.79 Å². The van der Waals surface area contributed by atoms with Crippen LogP contribution < -0.4 is 0 Å². The van der Waals surface area contributed by atoms with Gasteiger partial charge in [-0.15, -0.1) is 0 Å². The summed E-state index contributed by atoms with van der Waals surface area (Å²) < 4.78 is 0. The first-order valence-electron chi connectivity index (χ1n) is 7.92. The van der Waals surface area contributed by atoms with Crippen molar-refractivity contribution in [3.63, 3.8) is 0 Å². The number of ketones is 1. The predicted octanol–water partition coefficient (Wildman–Crippen LogP) is 5.33. The quantitative estimate of drug-likeness (QED) is 0.630. The first-order valence-corrected chi connectivity index (χ1v) is 7.92. The third-order valence-electron chi connectivity index (χ3n) is 4.05. The number of rotatable bonds is 7. The molecule has 0 aliphatic heterocycles. The third-order valence-corrected chi connectivity index (χ3v) is 4.05. The molecule has 0 aromatic heterocycles. The molecule has 0 radical (unpaired) electrons. The summed E-state index contributed by atoms with van der Waals surface area (Å²) in [4.78, 5) is 11.9. The number of hydrogen-bond acceptors (Lipinski definition) is 1. The Balaban J connectivity index is 1.94. The maximum Gasteiger partial charge on any atom is 0.137 e. The molecule has 0 heterocycles.